The van der Waals surface area contributed by atoms with Gasteiger partial charge in [0.25, 0.3) is 0 Å². The molecule has 1 aliphatic carbocycles. The lowest BCUT2D eigenvalue weighted by atomic mass is 9.98. The van der Waals surface area contributed by atoms with Crippen LogP contribution < -0.4 is 4.98 Å². The number of Topliss-reactive ketones (excluding diaryl/α,β-unsaturated/α-hetero) is 1. The Kier molecular flexibility index (Phi) is 4.27. The molecule has 0 amide bonds. The fraction of sp³-hybridized carbons (Fsp3) is 0.500. The number of allylic oxidation sites excluding steroid dienone is 2. The molecule has 114 valence electrons. The quantitative estimate of drug-likeness (QED) is 0.848. The highest BCUT2D eigenvalue weighted by Gasteiger charge is 2.40. The number of ketones is 1. The van der Waals surface area contributed by atoms with E-state index < -0.39 is 8.24 Å². The van der Waals surface area contributed by atoms with Gasteiger partial charge in [0.1, 0.15) is 14.0 Å². The summed E-state index contributed by atoms with van der Waals surface area (Å²) in [4.78, 5) is 14.9. The Morgan fingerprint density at radius 3 is 2.38 bits per heavy atom. The molecule has 0 fully saturated rings. The van der Waals surface area contributed by atoms with E-state index in [1.54, 1.807) is 6.92 Å². The Bertz CT molecular complexity index is 628. The van der Waals surface area contributed by atoms with Crippen molar-refractivity contribution in [3.63, 3.8) is 0 Å². The van der Waals surface area contributed by atoms with Gasteiger partial charge in [-0.15, -0.1) is 0 Å². The van der Waals surface area contributed by atoms with Gasteiger partial charge in [-0.1, -0.05) is 36.4 Å². The molecule has 0 saturated carbocycles. The van der Waals surface area contributed by atoms with Crippen LogP contribution in [-0.4, -0.2) is 20.6 Å². The number of hydrogen-bond donors (Lipinski definition) is 1. The van der Waals surface area contributed by atoms with E-state index in [1.165, 1.54) is 33.4 Å². The Hall–Kier alpha value is -1.19. The van der Waals surface area contributed by atoms with Crippen molar-refractivity contribution in [3.05, 3.63) is 40.0 Å². The SMILES string of the molecule is CC(=O)CN[Si](C)(C)C1C(C)=C(C)c2c(C)cc(C)cc21. The van der Waals surface area contributed by atoms with E-state index in [2.05, 4.69) is 57.9 Å². The zero-order valence-corrected chi connectivity index (χ0v) is 15.3. The van der Waals surface area contributed by atoms with E-state index in [9.17, 15) is 4.79 Å². The number of carbonyl (C=O) groups excluding carboxylic acids is 1. The predicted molar refractivity (Wildman–Crippen MR) is 93.1 cm³/mol. The van der Waals surface area contributed by atoms with Crippen LogP contribution in [0.15, 0.2) is 17.7 Å². The summed E-state index contributed by atoms with van der Waals surface area (Å²) in [5.41, 5.74) is 8.98. The van der Waals surface area contributed by atoms with Crippen molar-refractivity contribution in [2.75, 3.05) is 6.54 Å². The monoisotopic (exact) mass is 301 g/mol. The van der Waals surface area contributed by atoms with Gasteiger partial charge in [0.15, 0.2) is 0 Å². The minimum Gasteiger partial charge on any atom is -0.330 e. The van der Waals surface area contributed by atoms with E-state index in [-0.39, 0.29) is 5.78 Å². The lowest BCUT2D eigenvalue weighted by molar-refractivity contribution is -0.115. The highest BCUT2D eigenvalue weighted by atomic mass is 28.3. The van der Waals surface area contributed by atoms with Crippen LogP contribution in [0.2, 0.25) is 13.1 Å². The van der Waals surface area contributed by atoms with Crippen LogP contribution in [0.4, 0.5) is 0 Å². The average Bonchev–Trinajstić information content (AvgIpc) is 2.59. The molecular weight excluding hydrogens is 274 g/mol. The molecule has 1 aromatic rings. The van der Waals surface area contributed by atoms with Gasteiger partial charge in [-0.3, -0.25) is 4.79 Å². The van der Waals surface area contributed by atoms with E-state index >= 15 is 0 Å². The van der Waals surface area contributed by atoms with E-state index in [1.807, 2.05) is 0 Å². The first-order chi connectivity index (χ1) is 9.65. The van der Waals surface area contributed by atoms with Crippen molar-refractivity contribution in [1.82, 2.24) is 4.98 Å². The van der Waals surface area contributed by atoms with Crippen molar-refractivity contribution in [2.45, 2.75) is 53.3 Å². The number of nitrogens with one attached hydrogen (secondary N) is 1. The zero-order chi connectivity index (χ0) is 15.9. The van der Waals surface area contributed by atoms with E-state index in [4.69, 9.17) is 0 Å². The standard InChI is InChI=1S/C18H27NOSi/c1-11-8-12(2)17-14(4)15(5)18(16(17)9-11)21(6,7)19-10-13(3)20/h8-9,18-19H,10H2,1-7H3. The zero-order valence-electron chi connectivity index (χ0n) is 14.3. The molecule has 1 N–H and O–H groups in total. The Labute approximate surface area is 129 Å². The van der Waals surface area contributed by atoms with Gasteiger partial charge in [0.05, 0.1) is 0 Å². The third-order valence-corrected chi connectivity index (χ3v) is 8.01. The predicted octanol–water partition coefficient (Wildman–Crippen LogP) is 4.12. The molecule has 0 spiro atoms. The van der Waals surface area contributed by atoms with Crippen molar-refractivity contribution in [2.24, 2.45) is 0 Å². The summed E-state index contributed by atoms with van der Waals surface area (Å²) in [6.07, 6.45) is 0. The van der Waals surface area contributed by atoms with Crippen LogP contribution >= 0.6 is 0 Å². The fourth-order valence-electron chi connectivity index (χ4n) is 3.77. The highest BCUT2D eigenvalue weighted by Crippen LogP contribution is 2.46. The molecule has 21 heavy (non-hydrogen) atoms. The third-order valence-electron chi connectivity index (χ3n) is 4.74. The molecule has 1 aliphatic rings. The number of fused-ring (bicyclic) bond motifs is 1. The maximum atomic E-state index is 11.4. The van der Waals surface area contributed by atoms with Crippen LogP contribution in [0, 0.1) is 13.8 Å². The van der Waals surface area contributed by atoms with Crippen LogP contribution in [0.5, 0.6) is 0 Å². The molecule has 2 nitrogen and oxygen atoms in total. The first-order valence-electron chi connectivity index (χ1n) is 7.68. The summed E-state index contributed by atoms with van der Waals surface area (Å²) >= 11 is 0. The van der Waals surface area contributed by atoms with Crippen LogP contribution in [0.25, 0.3) is 5.57 Å². The van der Waals surface area contributed by atoms with Gasteiger partial charge in [0, 0.05) is 12.1 Å². The van der Waals surface area contributed by atoms with Gasteiger partial charge in [-0.2, -0.15) is 0 Å². The molecule has 0 bridgehead atoms. The maximum absolute atomic E-state index is 11.4. The van der Waals surface area contributed by atoms with Crippen molar-refractivity contribution >= 4 is 19.6 Å². The second-order valence-electron chi connectivity index (χ2n) is 7.06. The summed E-state index contributed by atoms with van der Waals surface area (Å²) in [6, 6.07) is 4.62. The third kappa shape index (κ3) is 2.90. The molecule has 2 rings (SSSR count). The molecule has 0 radical (unpaired) electrons. The number of hydrogen-bond acceptors (Lipinski definition) is 2. The number of rotatable bonds is 4. The molecule has 0 saturated heterocycles. The lowest BCUT2D eigenvalue weighted by Gasteiger charge is -2.32. The van der Waals surface area contributed by atoms with Gasteiger partial charge < -0.3 is 4.98 Å². The molecule has 0 aromatic heterocycles. The smallest absolute Gasteiger partial charge is 0.142 e. The first-order valence-corrected chi connectivity index (χ1v) is 10.8. The minimum absolute atomic E-state index is 0.215. The Morgan fingerprint density at radius 1 is 1.19 bits per heavy atom. The summed E-state index contributed by atoms with van der Waals surface area (Å²) in [7, 11) is -1.76. The molecule has 1 unspecified atom stereocenters. The van der Waals surface area contributed by atoms with E-state index in [0.717, 1.165) is 0 Å². The lowest BCUT2D eigenvalue weighted by Crippen LogP contribution is -2.52. The normalized spacial score (nSPS) is 18.1. The fourth-order valence-corrected chi connectivity index (χ4v) is 6.98. The minimum atomic E-state index is -1.76. The van der Waals surface area contributed by atoms with Crippen LogP contribution in [-0.2, 0) is 4.79 Å². The topological polar surface area (TPSA) is 29.1 Å². The molecule has 3 heteroatoms. The van der Waals surface area contributed by atoms with Crippen molar-refractivity contribution in [1.29, 1.82) is 0 Å². The summed E-state index contributed by atoms with van der Waals surface area (Å²) in [5, 5.41) is 0. The van der Waals surface area contributed by atoms with E-state index in [0.29, 0.717) is 12.1 Å². The average molecular weight is 302 g/mol. The summed E-state index contributed by atoms with van der Waals surface area (Å²) in [5.74, 6) is 0.215. The van der Waals surface area contributed by atoms with Crippen LogP contribution in [0.1, 0.15) is 48.6 Å². The molecule has 1 aromatic carbocycles. The van der Waals surface area contributed by atoms with Crippen LogP contribution in [0.3, 0.4) is 0 Å². The van der Waals surface area contributed by atoms with Gasteiger partial charge >= 0.3 is 0 Å². The van der Waals surface area contributed by atoms with Gasteiger partial charge in [-0.25, -0.2) is 0 Å². The molecule has 0 heterocycles. The molecule has 0 aliphatic heterocycles. The summed E-state index contributed by atoms with van der Waals surface area (Å²) < 4.78 is 0. The van der Waals surface area contributed by atoms with Crippen molar-refractivity contribution in [3.8, 4) is 0 Å². The Balaban J connectivity index is 2.50. The summed E-state index contributed by atoms with van der Waals surface area (Å²) in [6.45, 7) is 15.7. The van der Waals surface area contributed by atoms with Crippen molar-refractivity contribution < 1.29 is 4.79 Å². The molecular formula is C18H27NOSi. The number of carbonyl (C=O) groups is 1. The maximum Gasteiger partial charge on any atom is 0.142 e. The number of benzene rings is 1. The largest absolute Gasteiger partial charge is 0.330 e. The molecule has 1 atom stereocenters. The Morgan fingerprint density at radius 2 is 1.81 bits per heavy atom. The second kappa shape index (κ2) is 5.54. The second-order valence-corrected chi connectivity index (χ2v) is 11.4. The van der Waals surface area contributed by atoms with Gasteiger partial charge in [0.2, 0.25) is 0 Å². The number of aryl methyl sites for hydroxylation is 2. The highest BCUT2D eigenvalue weighted by molar-refractivity contribution is 6.77. The first kappa shape index (κ1) is 16.2. The van der Waals surface area contributed by atoms with Gasteiger partial charge in [-0.05, 0) is 56.9 Å².